The molecule has 94 valence electrons. The van der Waals surface area contributed by atoms with Gasteiger partial charge in [0, 0.05) is 9.61 Å². The molecular weight excluding hydrogens is 364 g/mol. The van der Waals surface area contributed by atoms with E-state index in [0.29, 0.717) is 5.69 Å². The quantitative estimate of drug-likeness (QED) is 0.722. The van der Waals surface area contributed by atoms with E-state index in [4.69, 9.17) is 11.6 Å². The van der Waals surface area contributed by atoms with Gasteiger partial charge >= 0.3 is 0 Å². The summed E-state index contributed by atoms with van der Waals surface area (Å²) in [6.45, 7) is 1.99. The van der Waals surface area contributed by atoms with Gasteiger partial charge in [-0.2, -0.15) is 0 Å². The lowest BCUT2D eigenvalue weighted by molar-refractivity contribution is 0.628. The molecule has 1 nitrogen and oxygen atoms in total. The molecule has 0 saturated heterocycles. The molecule has 1 atom stereocenters. The molecule has 18 heavy (non-hydrogen) atoms. The van der Waals surface area contributed by atoms with Gasteiger partial charge in [0.1, 0.15) is 0 Å². The SMILES string of the molecule is CC(Nc1cccc(Cl)c1F)c1ccc(I)cc1. The molecule has 0 aliphatic carbocycles. The number of hydrogen-bond acceptors (Lipinski definition) is 1. The lowest BCUT2D eigenvalue weighted by Crippen LogP contribution is -2.08. The highest BCUT2D eigenvalue weighted by molar-refractivity contribution is 14.1. The van der Waals surface area contributed by atoms with Gasteiger partial charge in [0.05, 0.1) is 10.7 Å². The number of nitrogens with one attached hydrogen (secondary N) is 1. The van der Waals surface area contributed by atoms with E-state index in [2.05, 4.69) is 27.9 Å². The zero-order valence-corrected chi connectivity index (χ0v) is 12.7. The Hall–Kier alpha value is -0.810. The molecular formula is C14H12ClFIN. The van der Waals surface area contributed by atoms with E-state index in [9.17, 15) is 4.39 Å². The number of benzene rings is 2. The maximum absolute atomic E-state index is 13.7. The van der Waals surface area contributed by atoms with Crippen LogP contribution in [0, 0.1) is 9.39 Å². The van der Waals surface area contributed by atoms with Crippen molar-refractivity contribution in [1.82, 2.24) is 0 Å². The van der Waals surface area contributed by atoms with E-state index in [1.165, 1.54) is 9.64 Å². The molecule has 4 heteroatoms. The first-order chi connectivity index (χ1) is 8.58. The van der Waals surface area contributed by atoms with Crippen LogP contribution < -0.4 is 5.32 Å². The Morgan fingerprint density at radius 3 is 2.50 bits per heavy atom. The van der Waals surface area contributed by atoms with E-state index in [1.54, 1.807) is 12.1 Å². The fourth-order valence-corrected chi connectivity index (χ4v) is 2.22. The van der Waals surface area contributed by atoms with Gasteiger partial charge in [0.2, 0.25) is 0 Å². The summed E-state index contributed by atoms with van der Waals surface area (Å²) in [5.74, 6) is -0.406. The zero-order chi connectivity index (χ0) is 13.1. The van der Waals surface area contributed by atoms with Crippen LogP contribution in [-0.2, 0) is 0 Å². The third-order valence-corrected chi connectivity index (χ3v) is 3.70. The van der Waals surface area contributed by atoms with Crippen molar-refractivity contribution in [1.29, 1.82) is 0 Å². The highest BCUT2D eigenvalue weighted by Crippen LogP contribution is 2.26. The largest absolute Gasteiger partial charge is 0.376 e. The molecule has 0 aliphatic heterocycles. The van der Waals surface area contributed by atoms with Crippen LogP contribution in [0.25, 0.3) is 0 Å². The second kappa shape index (κ2) is 5.89. The summed E-state index contributed by atoms with van der Waals surface area (Å²) in [5, 5.41) is 3.26. The predicted octanol–water partition coefficient (Wildman–Crippen LogP) is 5.26. The first-order valence-corrected chi connectivity index (χ1v) is 6.99. The Morgan fingerprint density at radius 2 is 1.83 bits per heavy atom. The molecule has 0 bridgehead atoms. The average molecular weight is 376 g/mol. The Kier molecular flexibility index (Phi) is 4.45. The van der Waals surface area contributed by atoms with Crippen molar-refractivity contribution in [3.63, 3.8) is 0 Å². The van der Waals surface area contributed by atoms with Crippen LogP contribution in [0.1, 0.15) is 18.5 Å². The zero-order valence-electron chi connectivity index (χ0n) is 9.75. The van der Waals surface area contributed by atoms with Crippen LogP contribution >= 0.6 is 34.2 Å². The molecule has 0 aliphatic rings. The van der Waals surface area contributed by atoms with Crippen molar-refractivity contribution in [3.05, 3.63) is 62.4 Å². The van der Waals surface area contributed by atoms with Crippen LogP contribution in [0.2, 0.25) is 5.02 Å². The Labute approximate surface area is 124 Å². The van der Waals surface area contributed by atoms with Gasteiger partial charge in [-0.05, 0) is 59.3 Å². The summed E-state index contributed by atoms with van der Waals surface area (Å²) >= 11 is 8.00. The standard InChI is InChI=1S/C14H12ClFIN/c1-9(10-5-7-11(17)8-6-10)18-13-4-2-3-12(15)14(13)16/h2-9,18H,1H3. The van der Waals surface area contributed by atoms with E-state index in [1.807, 2.05) is 31.2 Å². The minimum Gasteiger partial charge on any atom is -0.376 e. The number of anilines is 1. The minimum absolute atomic E-state index is 0.0231. The maximum atomic E-state index is 13.7. The summed E-state index contributed by atoms with van der Waals surface area (Å²) in [6.07, 6.45) is 0. The molecule has 1 N–H and O–H groups in total. The van der Waals surface area contributed by atoms with Gasteiger partial charge in [-0.15, -0.1) is 0 Å². The van der Waals surface area contributed by atoms with E-state index in [0.717, 1.165) is 5.56 Å². The van der Waals surface area contributed by atoms with Crippen molar-refractivity contribution in [2.75, 3.05) is 5.32 Å². The lowest BCUT2D eigenvalue weighted by atomic mass is 10.1. The normalized spacial score (nSPS) is 12.2. The summed E-state index contributed by atoms with van der Waals surface area (Å²) < 4.78 is 14.9. The molecule has 1 unspecified atom stereocenters. The highest BCUT2D eigenvalue weighted by Gasteiger charge is 2.10. The van der Waals surface area contributed by atoms with Gasteiger partial charge in [-0.25, -0.2) is 4.39 Å². The van der Waals surface area contributed by atoms with Crippen LogP contribution in [-0.4, -0.2) is 0 Å². The molecule has 0 aromatic heterocycles. The number of halogens is 3. The first kappa shape index (κ1) is 13.6. The van der Waals surface area contributed by atoms with E-state index in [-0.39, 0.29) is 11.1 Å². The smallest absolute Gasteiger partial charge is 0.164 e. The maximum Gasteiger partial charge on any atom is 0.164 e. The Balaban J connectivity index is 2.18. The second-order valence-electron chi connectivity index (χ2n) is 4.02. The molecule has 0 fully saturated rings. The molecule has 0 spiro atoms. The third kappa shape index (κ3) is 3.14. The molecule has 0 heterocycles. The van der Waals surface area contributed by atoms with Crippen LogP contribution in [0.3, 0.4) is 0 Å². The van der Waals surface area contributed by atoms with Crippen LogP contribution in [0.4, 0.5) is 10.1 Å². The van der Waals surface area contributed by atoms with Gasteiger partial charge in [-0.3, -0.25) is 0 Å². The van der Waals surface area contributed by atoms with Gasteiger partial charge in [0.15, 0.2) is 5.82 Å². The van der Waals surface area contributed by atoms with E-state index >= 15 is 0 Å². The average Bonchev–Trinajstić information content (AvgIpc) is 2.36. The fraction of sp³-hybridized carbons (Fsp3) is 0.143. The lowest BCUT2D eigenvalue weighted by Gasteiger charge is -2.16. The Bertz CT molecular complexity index is 542. The third-order valence-electron chi connectivity index (χ3n) is 2.69. The molecule has 2 rings (SSSR count). The number of rotatable bonds is 3. The van der Waals surface area contributed by atoms with Gasteiger partial charge in [0.25, 0.3) is 0 Å². The van der Waals surface area contributed by atoms with Crippen LogP contribution in [0.5, 0.6) is 0 Å². The highest BCUT2D eigenvalue weighted by atomic mass is 127. The summed E-state index contributed by atoms with van der Waals surface area (Å²) in [5.41, 5.74) is 1.53. The first-order valence-electron chi connectivity index (χ1n) is 5.54. The van der Waals surface area contributed by atoms with Crippen molar-refractivity contribution < 1.29 is 4.39 Å². The Morgan fingerprint density at radius 1 is 1.17 bits per heavy atom. The van der Waals surface area contributed by atoms with Crippen molar-refractivity contribution in [2.45, 2.75) is 13.0 Å². The fourth-order valence-electron chi connectivity index (χ4n) is 1.68. The van der Waals surface area contributed by atoms with Crippen LogP contribution in [0.15, 0.2) is 42.5 Å². The number of hydrogen-bond donors (Lipinski definition) is 1. The summed E-state index contributed by atoms with van der Waals surface area (Å²) in [4.78, 5) is 0. The molecule has 0 saturated carbocycles. The van der Waals surface area contributed by atoms with Crippen molar-refractivity contribution >= 4 is 39.9 Å². The predicted molar refractivity (Wildman–Crippen MR) is 82.6 cm³/mol. The molecule has 0 radical (unpaired) electrons. The van der Waals surface area contributed by atoms with Gasteiger partial charge < -0.3 is 5.32 Å². The summed E-state index contributed by atoms with van der Waals surface area (Å²) in [7, 11) is 0. The van der Waals surface area contributed by atoms with E-state index < -0.39 is 5.82 Å². The summed E-state index contributed by atoms with van der Waals surface area (Å²) in [6, 6.07) is 13.1. The van der Waals surface area contributed by atoms with Crippen molar-refractivity contribution in [2.24, 2.45) is 0 Å². The molecule has 2 aromatic carbocycles. The molecule has 2 aromatic rings. The minimum atomic E-state index is -0.406. The van der Waals surface area contributed by atoms with Gasteiger partial charge in [-0.1, -0.05) is 29.8 Å². The topological polar surface area (TPSA) is 12.0 Å². The monoisotopic (exact) mass is 375 g/mol. The molecule has 0 amide bonds. The second-order valence-corrected chi connectivity index (χ2v) is 5.67. The van der Waals surface area contributed by atoms with Crippen molar-refractivity contribution in [3.8, 4) is 0 Å².